The molecule has 0 fully saturated rings. The molecule has 0 aromatic carbocycles. The zero-order chi connectivity index (χ0) is 15.0. The summed E-state index contributed by atoms with van der Waals surface area (Å²) in [5.74, 6) is 0.729. The van der Waals surface area contributed by atoms with Crippen LogP contribution in [0.3, 0.4) is 0 Å². The molecule has 0 spiro atoms. The SMILES string of the molecule is C=C(CCC=C(C)C)[C@H]1CC=C(CCC=C(C)C)CC1. The van der Waals surface area contributed by atoms with E-state index in [-0.39, 0.29) is 0 Å². The molecule has 1 atom stereocenters. The first kappa shape index (κ1) is 17.0. The van der Waals surface area contributed by atoms with Crippen LogP contribution in [-0.4, -0.2) is 0 Å². The Morgan fingerprint density at radius 2 is 1.80 bits per heavy atom. The zero-order valence-electron chi connectivity index (χ0n) is 14.0. The van der Waals surface area contributed by atoms with Crippen LogP contribution in [0.4, 0.5) is 0 Å². The van der Waals surface area contributed by atoms with Gasteiger partial charge in [-0.25, -0.2) is 0 Å². The lowest BCUT2D eigenvalue weighted by molar-refractivity contribution is 0.516. The van der Waals surface area contributed by atoms with Crippen LogP contribution in [0.1, 0.15) is 72.6 Å². The second kappa shape index (κ2) is 9.00. The third kappa shape index (κ3) is 6.93. The highest BCUT2D eigenvalue weighted by Crippen LogP contribution is 2.32. The minimum Gasteiger partial charge on any atom is -0.0996 e. The summed E-state index contributed by atoms with van der Waals surface area (Å²) in [6, 6.07) is 0. The van der Waals surface area contributed by atoms with E-state index in [1.165, 1.54) is 48.8 Å². The number of hydrogen-bond donors (Lipinski definition) is 0. The minimum absolute atomic E-state index is 0.729. The largest absolute Gasteiger partial charge is 0.0996 e. The first-order valence-electron chi connectivity index (χ1n) is 8.11. The number of hydrogen-bond acceptors (Lipinski definition) is 0. The zero-order valence-corrected chi connectivity index (χ0v) is 14.0. The molecule has 0 N–H and O–H groups in total. The van der Waals surface area contributed by atoms with Crippen molar-refractivity contribution in [3.63, 3.8) is 0 Å². The highest BCUT2D eigenvalue weighted by Gasteiger charge is 2.16. The molecule has 0 nitrogen and oxygen atoms in total. The lowest BCUT2D eigenvalue weighted by Gasteiger charge is -2.23. The first-order chi connectivity index (χ1) is 9.49. The van der Waals surface area contributed by atoms with Crippen LogP contribution in [0.2, 0.25) is 0 Å². The van der Waals surface area contributed by atoms with Crippen LogP contribution in [0, 0.1) is 5.92 Å². The highest BCUT2D eigenvalue weighted by atomic mass is 14.2. The molecule has 20 heavy (non-hydrogen) atoms. The van der Waals surface area contributed by atoms with Crippen molar-refractivity contribution >= 4 is 0 Å². The van der Waals surface area contributed by atoms with Gasteiger partial charge in [0.05, 0.1) is 0 Å². The van der Waals surface area contributed by atoms with E-state index in [1.54, 1.807) is 5.57 Å². The van der Waals surface area contributed by atoms with Crippen LogP contribution in [0.25, 0.3) is 0 Å². The van der Waals surface area contributed by atoms with Crippen LogP contribution in [0.5, 0.6) is 0 Å². The summed E-state index contributed by atoms with van der Waals surface area (Å²) in [4.78, 5) is 0. The average molecular weight is 272 g/mol. The number of allylic oxidation sites excluding steroid dienone is 7. The molecule has 0 saturated carbocycles. The topological polar surface area (TPSA) is 0 Å². The van der Waals surface area contributed by atoms with E-state index in [4.69, 9.17) is 0 Å². The van der Waals surface area contributed by atoms with Crippen LogP contribution in [0.15, 0.2) is 47.1 Å². The Balaban J connectivity index is 2.32. The molecule has 112 valence electrons. The fourth-order valence-electron chi connectivity index (χ4n) is 2.78. The Bertz CT molecular complexity index is 396. The van der Waals surface area contributed by atoms with Gasteiger partial charge in [-0.1, -0.05) is 47.1 Å². The van der Waals surface area contributed by atoms with Crippen molar-refractivity contribution in [1.29, 1.82) is 0 Å². The predicted octanol–water partition coefficient (Wildman–Crippen LogP) is 6.76. The summed E-state index contributed by atoms with van der Waals surface area (Å²) in [5, 5.41) is 0. The Kier molecular flexibility index (Phi) is 7.65. The Hall–Kier alpha value is -1.04. The van der Waals surface area contributed by atoms with E-state index >= 15 is 0 Å². The van der Waals surface area contributed by atoms with Gasteiger partial charge in [0.1, 0.15) is 0 Å². The molecule has 1 rings (SSSR count). The molecule has 0 aliphatic heterocycles. The van der Waals surface area contributed by atoms with E-state index in [2.05, 4.69) is 52.5 Å². The maximum Gasteiger partial charge on any atom is -0.0168 e. The molecule has 1 aliphatic rings. The minimum atomic E-state index is 0.729. The average Bonchev–Trinajstić information content (AvgIpc) is 2.38. The maximum atomic E-state index is 4.32. The molecule has 0 aromatic rings. The third-order valence-corrected chi connectivity index (χ3v) is 4.12. The second-order valence-corrected chi connectivity index (χ2v) is 6.63. The van der Waals surface area contributed by atoms with Crippen LogP contribution >= 0.6 is 0 Å². The standard InChI is InChI=1S/C20H32/c1-16(2)8-6-10-18(5)20-14-12-19(13-15-20)11-7-9-17(3)4/h8-9,12,20H,5-7,10-11,13-15H2,1-4H3/t20-/m0/s1. The van der Waals surface area contributed by atoms with Crippen molar-refractivity contribution < 1.29 is 0 Å². The molecule has 0 amide bonds. The molecule has 1 aliphatic carbocycles. The predicted molar refractivity (Wildman–Crippen MR) is 91.9 cm³/mol. The Morgan fingerprint density at radius 3 is 2.35 bits per heavy atom. The summed E-state index contributed by atoms with van der Waals surface area (Å²) in [6.07, 6.45) is 15.8. The van der Waals surface area contributed by atoms with Gasteiger partial charge in [0.25, 0.3) is 0 Å². The lowest BCUT2D eigenvalue weighted by Crippen LogP contribution is -2.08. The summed E-state index contributed by atoms with van der Waals surface area (Å²) >= 11 is 0. The molecule has 0 unspecified atom stereocenters. The van der Waals surface area contributed by atoms with Gasteiger partial charge in [0.2, 0.25) is 0 Å². The fourth-order valence-corrected chi connectivity index (χ4v) is 2.78. The van der Waals surface area contributed by atoms with Gasteiger partial charge in [-0.3, -0.25) is 0 Å². The molecule has 0 bridgehead atoms. The van der Waals surface area contributed by atoms with Gasteiger partial charge in [0.15, 0.2) is 0 Å². The van der Waals surface area contributed by atoms with E-state index < -0.39 is 0 Å². The van der Waals surface area contributed by atoms with Crippen LogP contribution < -0.4 is 0 Å². The molecule has 0 aromatic heterocycles. The molecular weight excluding hydrogens is 240 g/mol. The van der Waals surface area contributed by atoms with Crippen molar-refractivity contribution in [2.75, 3.05) is 0 Å². The Labute approximate surface area is 126 Å². The molecule has 0 heterocycles. The number of rotatable bonds is 7. The van der Waals surface area contributed by atoms with Crippen molar-refractivity contribution in [3.05, 3.63) is 47.1 Å². The molecule has 0 heteroatoms. The quantitative estimate of drug-likeness (QED) is 0.449. The third-order valence-electron chi connectivity index (χ3n) is 4.12. The molecular formula is C20H32. The fraction of sp³-hybridized carbons (Fsp3) is 0.600. The monoisotopic (exact) mass is 272 g/mol. The highest BCUT2D eigenvalue weighted by molar-refractivity contribution is 5.14. The van der Waals surface area contributed by atoms with Gasteiger partial charge >= 0.3 is 0 Å². The van der Waals surface area contributed by atoms with Gasteiger partial charge in [0, 0.05) is 0 Å². The maximum absolute atomic E-state index is 4.32. The molecule has 0 radical (unpaired) electrons. The summed E-state index contributed by atoms with van der Waals surface area (Å²) in [6.45, 7) is 13.0. The van der Waals surface area contributed by atoms with E-state index in [1.807, 2.05) is 0 Å². The van der Waals surface area contributed by atoms with E-state index in [9.17, 15) is 0 Å². The van der Waals surface area contributed by atoms with E-state index in [0.29, 0.717) is 0 Å². The summed E-state index contributed by atoms with van der Waals surface area (Å²) in [5.41, 5.74) is 5.98. The van der Waals surface area contributed by atoms with Gasteiger partial charge in [-0.2, -0.15) is 0 Å². The van der Waals surface area contributed by atoms with Crippen molar-refractivity contribution in [2.24, 2.45) is 5.92 Å². The first-order valence-corrected chi connectivity index (χ1v) is 8.11. The van der Waals surface area contributed by atoms with Gasteiger partial charge in [-0.05, 0) is 78.6 Å². The Morgan fingerprint density at radius 1 is 1.15 bits per heavy atom. The van der Waals surface area contributed by atoms with Crippen molar-refractivity contribution in [1.82, 2.24) is 0 Å². The summed E-state index contributed by atoms with van der Waals surface area (Å²) < 4.78 is 0. The normalized spacial score (nSPS) is 18.2. The van der Waals surface area contributed by atoms with E-state index in [0.717, 1.165) is 18.8 Å². The lowest BCUT2D eigenvalue weighted by atomic mass is 9.82. The summed E-state index contributed by atoms with van der Waals surface area (Å²) in [7, 11) is 0. The molecule has 0 saturated heterocycles. The van der Waals surface area contributed by atoms with Crippen molar-refractivity contribution in [2.45, 2.75) is 72.6 Å². The van der Waals surface area contributed by atoms with Crippen LogP contribution in [-0.2, 0) is 0 Å². The van der Waals surface area contributed by atoms with Gasteiger partial charge in [-0.15, -0.1) is 0 Å². The smallest absolute Gasteiger partial charge is 0.0168 e. The van der Waals surface area contributed by atoms with Crippen molar-refractivity contribution in [3.8, 4) is 0 Å². The van der Waals surface area contributed by atoms with Gasteiger partial charge < -0.3 is 0 Å². The second-order valence-electron chi connectivity index (χ2n) is 6.63.